The van der Waals surface area contributed by atoms with Crippen molar-refractivity contribution >= 4 is 10.1 Å². The molecule has 0 aliphatic heterocycles. The molecule has 5 heteroatoms. The fraction of sp³-hybridized carbons (Fsp3) is 0.286. The second kappa shape index (κ2) is 5.69. The van der Waals surface area contributed by atoms with Crippen molar-refractivity contribution in [3.05, 3.63) is 42.5 Å². The van der Waals surface area contributed by atoms with Gasteiger partial charge in [-0.1, -0.05) is 43.3 Å². The van der Waals surface area contributed by atoms with E-state index >= 15 is 0 Å². The van der Waals surface area contributed by atoms with Crippen LogP contribution in [0, 0.1) is 0 Å². The predicted octanol–water partition coefficient (Wildman–Crippen LogP) is 2.88. The van der Waals surface area contributed by atoms with Crippen molar-refractivity contribution in [3.8, 4) is 11.1 Å². The van der Waals surface area contributed by atoms with E-state index in [0.717, 1.165) is 5.56 Å². The van der Waals surface area contributed by atoms with E-state index in [0.29, 0.717) is 12.0 Å². The van der Waals surface area contributed by atoms with Crippen molar-refractivity contribution in [1.82, 2.24) is 0 Å². The molecule has 0 saturated heterocycles. The summed E-state index contributed by atoms with van der Waals surface area (Å²) in [6.07, 6.45) is -0.297. The highest BCUT2D eigenvalue weighted by Gasteiger charge is 2.25. The van der Waals surface area contributed by atoms with Gasteiger partial charge < -0.3 is 4.74 Å². The van der Waals surface area contributed by atoms with E-state index in [2.05, 4.69) is 0 Å². The number of ether oxygens (including phenoxy) is 1. The Morgan fingerprint density at radius 2 is 1.84 bits per heavy atom. The molecule has 2 aliphatic carbocycles. The van der Waals surface area contributed by atoms with Gasteiger partial charge in [0.15, 0.2) is 6.29 Å². The number of hydrogen-bond acceptors (Lipinski definition) is 4. The average molecular weight is 280 g/mol. The Balaban J connectivity index is 2.40. The van der Waals surface area contributed by atoms with Gasteiger partial charge in [-0.05, 0) is 18.1 Å². The van der Waals surface area contributed by atoms with Crippen LogP contribution in [0.2, 0.25) is 0 Å². The maximum Gasteiger partial charge on any atom is 0.300 e. The molecule has 0 fully saturated rings. The van der Waals surface area contributed by atoms with E-state index < -0.39 is 16.4 Å². The standard InChI is InChI=1S/C14H16O4S/c1-3-14(17-2)18-19(15,16)13-10-9-11-7-5-4-6-8-12(11)13/h4-10,14H,3H2,1-2H3. The summed E-state index contributed by atoms with van der Waals surface area (Å²) in [6.45, 7) is 1.80. The Morgan fingerprint density at radius 1 is 1.11 bits per heavy atom. The molecule has 0 aromatic heterocycles. The summed E-state index contributed by atoms with van der Waals surface area (Å²) in [5.74, 6) is 0. The van der Waals surface area contributed by atoms with Crippen molar-refractivity contribution in [2.75, 3.05) is 7.11 Å². The molecule has 102 valence electrons. The highest BCUT2D eigenvalue weighted by atomic mass is 32.2. The van der Waals surface area contributed by atoms with Gasteiger partial charge in [0.05, 0.1) is 0 Å². The van der Waals surface area contributed by atoms with Crippen LogP contribution in [0.1, 0.15) is 13.3 Å². The minimum Gasteiger partial charge on any atom is -0.355 e. The van der Waals surface area contributed by atoms with Crippen LogP contribution in [0.25, 0.3) is 11.1 Å². The van der Waals surface area contributed by atoms with Gasteiger partial charge in [0.2, 0.25) is 0 Å². The lowest BCUT2D eigenvalue weighted by atomic mass is 10.2. The van der Waals surface area contributed by atoms with E-state index in [1.54, 1.807) is 31.2 Å². The summed E-state index contributed by atoms with van der Waals surface area (Å²) in [6, 6.07) is 12.5. The van der Waals surface area contributed by atoms with Crippen molar-refractivity contribution in [2.24, 2.45) is 0 Å². The lowest BCUT2D eigenvalue weighted by molar-refractivity contribution is -0.0503. The summed E-state index contributed by atoms with van der Waals surface area (Å²) in [5.41, 5.74) is 1.51. The monoisotopic (exact) mass is 280 g/mol. The molecule has 0 N–H and O–H groups in total. The van der Waals surface area contributed by atoms with Gasteiger partial charge in [-0.3, -0.25) is 0 Å². The zero-order valence-electron chi connectivity index (χ0n) is 10.9. The Labute approximate surface area is 113 Å². The molecule has 2 aliphatic rings. The predicted molar refractivity (Wildman–Crippen MR) is 72.4 cm³/mol. The fourth-order valence-electron chi connectivity index (χ4n) is 1.87. The molecule has 19 heavy (non-hydrogen) atoms. The molecule has 0 saturated carbocycles. The summed E-state index contributed by atoms with van der Waals surface area (Å²) in [5, 5.41) is 0. The molecule has 0 spiro atoms. The van der Waals surface area contributed by atoms with Crippen molar-refractivity contribution in [1.29, 1.82) is 0 Å². The molecule has 0 bridgehead atoms. The summed E-state index contributed by atoms with van der Waals surface area (Å²) >= 11 is 0. The maximum absolute atomic E-state index is 12.2. The highest BCUT2D eigenvalue weighted by Crippen LogP contribution is 2.32. The van der Waals surface area contributed by atoms with Gasteiger partial charge in [0.1, 0.15) is 4.90 Å². The molecule has 0 aromatic rings. The zero-order valence-corrected chi connectivity index (χ0v) is 11.7. The zero-order chi connectivity index (χ0) is 13.9. The van der Waals surface area contributed by atoms with Gasteiger partial charge in [0, 0.05) is 12.7 Å². The molecular weight excluding hydrogens is 264 g/mol. The Bertz CT molecular complexity index is 617. The molecule has 1 unspecified atom stereocenters. The van der Waals surface area contributed by atoms with Crippen LogP contribution < -0.4 is 0 Å². The van der Waals surface area contributed by atoms with E-state index in [-0.39, 0.29) is 4.90 Å². The number of hydrogen-bond donors (Lipinski definition) is 0. The molecule has 2 rings (SSSR count). The van der Waals surface area contributed by atoms with Gasteiger partial charge in [-0.15, -0.1) is 0 Å². The lowest BCUT2D eigenvalue weighted by Crippen LogP contribution is -2.19. The third kappa shape index (κ3) is 2.94. The van der Waals surface area contributed by atoms with Crippen molar-refractivity contribution < 1.29 is 17.3 Å². The third-order valence-electron chi connectivity index (χ3n) is 2.85. The van der Waals surface area contributed by atoms with Gasteiger partial charge >= 0.3 is 0 Å². The lowest BCUT2D eigenvalue weighted by Gasteiger charge is -2.13. The molecule has 0 aromatic carbocycles. The normalized spacial score (nSPS) is 13.6. The maximum atomic E-state index is 12.2. The number of methoxy groups -OCH3 is 1. The fourth-order valence-corrected chi connectivity index (χ4v) is 3.16. The van der Waals surface area contributed by atoms with Crippen LogP contribution in [-0.4, -0.2) is 21.8 Å². The minimum absolute atomic E-state index is 0.175. The van der Waals surface area contributed by atoms with E-state index in [1.807, 2.05) is 18.2 Å². The van der Waals surface area contributed by atoms with Gasteiger partial charge in [-0.25, -0.2) is 4.18 Å². The second-order valence-electron chi connectivity index (χ2n) is 4.10. The first-order chi connectivity index (χ1) is 9.08. The largest absolute Gasteiger partial charge is 0.355 e. The van der Waals surface area contributed by atoms with Crippen LogP contribution in [0.4, 0.5) is 0 Å². The van der Waals surface area contributed by atoms with E-state index in [9.17, 15) is 8.42 Å². The first kappa shape index (κ1) is 14.0. The second-order valence-corrected chi connectivity index (χ2v) is 5.64. The highest BCUT2D eigenvalue weighted by molar-refractivity contribution is 7.87. The van der Waals surface area contributed by atoms with E-state index in [1.165, 1.54) is 7.11 Å². The molecular formula is C14H16O4S. The molecule has 0 amide bonds. The summed E-state index contributed by atoms with van der Waals surface area (Å²) in [7, 11) is -2.40. The Morgan fingerprint density at radius 3 is 2.53 bits per heavy atom. The topological polar surface area (TPSA) is 52.6 Å². The summed E-state index contributed by atoms with van der Waals surface area (Å²) < 4.78 is 34.5. The van der Waals surface area contributed by atoms with Gasteiger partial charge in [-0.2, -0.15) is 8.42 Å². The minimum atomic E-state index is -3.82. The quantitative estimate of drug-likeness (QED) is 0.624. The van der Waals surface area contributed by atoms with Crippen LogP contribution >= 0.6 is 0 Å². The van der Waals surface area contributed by atoms with Crippen LogP contribution in [0.15, 0.2) is 47.4 Å². The Hall–Kier alpha value is -1.43. The first-order valence-electron chi connectivity index (χ1n) is 6.02. The molecule has 4 nitrogen and oxygen atoms in total. The van der Waals surface area contributed by atoms with Crippen LogP contribution in [0.3, 0.4) is 0 Å². The van der Waals surface area contributed by atoms with E-state index in [4.69, 9.17) is 8.92 Å². The number of rotatable bonds is 5. The Kier molecular flexibility index (Phi) is 4.19. The number of fused-ring (bicyclic) bond motifs is 1. The molecule has 1 atom stereocenters. The molecule has 0 radical (unpaired) electrons. The smallest absolute Gasteiger partial charge is 0.300 e. The van der Waals surface area contributed by atoms with Gasteiger partial charge in [0.25, 0.3) is 10.1 Å². The third-order valence-corrected chi connectivity index (χ3v) is 4.21. The van der Waals surface area contributed by atoms with Crippen LogP contribution in [0.5, 0.6) is 0 Å². The summed E-state index contributed by atoms with van der Waals surface area (Å²) in [4.78, 5) is 0.175. The van der Waals surface area contributed by atoms with Crippen molar-refractivity contribution in [2.45, 2.75) is 24.5 Å². The average Bonchev–Trinajstić information content (AvgIpc) is 2.67. The van der Waals surface area contributed by atoms with Crippen LogP contribution in [-0.2, 0) is 19.0 Å². The van der Waals surface area contributed by atoms with Crippen molar-refractivity contribution in [3.63, 3.8) is 0 Å². The molecule has 0 heterocycles. The first-order valence-corrected chi connectivity index (χ1v) is 7.43. The SMILES string of the molecule is CCC(OC)OS(=O)(=O)c1ccc2cccccc1-2.